The number of halogens is 1. The van der Waals surface area contributed by atoms with E-state index in [0.717, 1.165) is 48.0 Å². The average Bonchev–Trinajstić information content (AvgIpc) is 2.93. The van der Waals surface area contributed by atoms with Crippen LogP contribution in [0.2, 0.25) is 5.02 Å². The number of hydrogen-bond donors (Lipinski definition) is 1. The second-order valence-corrected chi connectivity index (χ2v) is 5.75. The van der Waals surface area contributed by atoms with Crippen molar-refractivity contribution in [3.8, 4) is 11.5 Å². The second kappa shape index (κ2) is 5.59. The van der Waals surface area contributed by atoms with Gasteiger partial charge in [0.15, 0.2) is 11.5 Å². The van der Waals surface area contributed by atoms with Gasteiger partial charge in [-0.05, 0) is 49.9 Å². The van der Waals surface area contributed by atoms with E-state index in [1.165, 1.54) is 18.4 Å². The maximum Gasteiger partial charge on any atom is 0.165 e. The number of hydrogen-bond acceptors (Lipinski definition) is 3. The first-order chi connectivity index (χ1) is 9.29. The molecular formula is C15H20ClNO2. The molecule has 0 bridgehead atoms. The molecule has 0 amide bonds. The predicted octanol–water partition coefficient (Wildman–Crippen LogP) is 2.83. The fourth-order valence-corrected chi connectivity index (χ4v) is 3.39. The number of piperidine rings is 1. The standard InChI is InChI=1S/C15H20ClNO2/c1-18-13-8-11(7-10-3-2-5-17-9-10)14(16)12-4-6-19-15(12)13/h8,10,17H,2-7,9H2,1H3. The lowest BCUT2D eigenvalue weighted by atomic mass is 9.91. The smallest absolute Gasteiger partial charge is 0.165 e. The number of ether oxygens (including phenoxy) is 2. The molecule has 1 saturated heterocycles. The van der Waals surface area contributed by atoms with Gasteiger partial charge in [0, 0.05) is 12.0 Å². The Labute approximate surface area is 119 Å². The molecule has 19 heavy (non-hydrogen) atoms. The highest BCUT2D eigenvalue weighted by molar-refractivity contribution is 6.32. The molecule has 0 aromatic heterocycles. The Morgan fingerprint density at radius 1 is 1.53 bits per heavy atom. The first-order valence-electron chi connectivity index (χ1n) is 7.01. The highest BCUT2D eigenvalue weighted by Crippen LogP contribution is 2.42. The summed E-state index contributed by atoms with van der Waals surface area (Å²) in [5.41, 5.74) is 2.33. The fourth-order valence-electron chi connectivity index (χ4n) is 3.08. The lowest BCUT2D eigenvalue weighted by Gasteiger charge is -2.23. The maximum absolute atomic E-state index is 6.55. The summed E-state index contributed by atoms with van der Waals surface area (Å²) in [5, 5.41) is 4.34. The lowest BCUT2D eigenvalue weighted by Crippen LogP contribution is -2.30. The third-order valence-electron chi connectivity index (χ3n) is 4.08. The van der Waals surface area contributed by atoms with Crippen molar-refractivity contribution in [2.45, 2.75) is 25.7 Å². The van der Waals surface area contributed by atoms with Gasteiger partial charge >= 0.3 is 0 Å². The third-order valence-corrected chi connectivity index (χ3v) is 4.55. The van der Waals surface area contributed by atoms with Crippen LogP contribution in [0.4, 0.5) is 0 Å². The highest BCUT2D eigenvalue weighted by atomic mass is 35.5. The van der Waals surface area contributed by atoms with Crippen molar-refractivity contribution in [1.29, 1.82) is 0 Å². The van der Waals surface area contributed by atoms with E-state index in [0.29, 0.717) is 12.5 Å². The quantitative estimate of drug-likeness (QED) is 0.924. The van der Waals surface area contributed by atoms with Gasteiger partial charge in [0.05, 0.1) is 18.7 Å². The SMILES string of the molecule is COc1cc(CC2CCCNC2)c(Cl)c2c1OCC2. The van der Waals surface area contributed by atoms with Gasteiger partial charge in [-0.25, -0.2) is 0 Å². The minimum absolute atomic E-state index is 0.677. The summed E-state index contributed by atoms with van der Waals surface area (Å²) in [7, 11) is 1.69. The lowest BCUT2D eigenvalue weighted by molar-refractivity contribution is 0.325. The van der Waals surface area contributed by atoms with Crippen LogP contribution < -0.4 is 14.8 Å². The molecule has 3 nitrogen and oxygen atoms in total. The van der Waals surface area contributed by atoms with Crippen molar-refractivity contribution in [2.75, 3.05) is 26.8 Å². The fraction of sp³-hybridized carbons (Fsp3) is 0.600. The molecule has 0 spiro atoms. The monoisotopic (exact) mass is 281 g/mol. The van der Waals surface area contributed by atoms with Crippen molar-refractivity contribution in [3.63, 3.8) is 0 Å². The molecule has 3 rings (SSSR count). The van der Waals surface area contributed by atoms with Gasteiger partial charge in [0.25, 0.3) is 0 Å². The van der Waals surface area contributed by atoms with Crippen LogP contribution >= 0.6 is 11.6 Å². The number of methoxy groups -OCH3 is 1. The number of rotatable bonds is 3. The zero-order valence-corrected chi connectivity index (χ0v) is 12.1. The average molecular weight is 282 g/mol. The van der Waals surface area contributed by atoms with Crippen molar-refractivity contribution >= 4 is 11.6 Å². The van der Waals surface area contributed by atoms with E-state index in [1.807, 2.05) is 0 Å². The minimum atomic E-state index is 0.677. The molecule has 1 atom stereocenters. The zero-order chi connectivity index (χ0) is 13.2. The first-order valence-corrected chi connectivity index (χ1v) is 7.39. The van der Waals surface area contributed by atoms with Gasteiger partial charge in [-0.2, -0.15) is 0 Å². The minimum Gasteiger partial charge on any atom is -0.493 e. The largest absolute Gasteiger partial charge is 0.493 e. The van der Waals surface area contributed by atoms with Crippen LogP contribution in [0.3, 0.4) is 0 Å². The summed E-state index contributed by atoms with van der Waals surface area (Å²) in [4.78, 5) is 0. The molecule has 0 saturated carbocycles. The summed E-state index contributed by atoms with van der Waals surface area (Å²) in [5.74, 6) is 2.35. The molecule has 104 valence electrons. The predicted molar refractivity (Wildman–Crippen MR) is 76.5 cm³/mol. The van der Waals surface area contributed by atoms with Gasteiger partial charge in [0.1, 0.15) is 0 Å². The van der Waals surface area contributed by atoms with E-state index in [4.69, 9.17) is 21.1 Å². The van der Waals surface area contributed by atoms with Gasteiger partial charge in [-0.15, -0.1) is 0 Å². The van der Waals surface area contributed by atoms with E-state index < -0.39 is 0 Å². The van der Waals surface area contributed by atoms with Gasteiger partial charge in [0.2, 0.25) is 0 Å². The molecule has 1 aromatic carbocycles. The molecule has 1 fully saturated rings. The van der Waals surface area contributed by atoms with Crippen molar-refractivity contribution in [1.82, 2.24) is 5.32 Å². The molecule has 2 aliphatic rings. The Bertz CT molecular complexity index is 470. The summed E-state index contributed by atoms with van der Waals surface area (Å²) in [6.07, 6.45) is 4.45. The summed E-state index contributed by atoms with van der Waals surface area (Å²) >= 11 is 6.55. The van der Waals surface area contributed by atoms with E-state index in [9.17, 15) is 0 Å². The Morgan fingerprint density at radius 2 is 2.42 bits per heavy atom. The normalized spacial score (nSPS) is 21.9. The molecule has 1 N–H and O–H groups in total. The Morgan fingerprint density at radius 3 is 3.16 bits per heavy atom. The van der Waals surface area contributed by atoms with Crippen LogP contribution in [0.5, 0.6) is 11.5 Å². The molecule has 0 aliphatic carbocycles. The van der Waals surface area contributed by atoms with Crippen LogP contribution in [0.1, 0.15) is 24.0 Å². The molecular weight excluding hydrogens is 262 g/mol. The molecule has 2 heterocycles. The van der Waals surface area contributed by atoms with E-state index >= 15 is 0 Å². The van der Waals surface area contributed by atoms with Crippen LogP contribution in [0.25, 0.3) is 0 Å². The summed E-state index contributed by atoms with van der Waals surface area (Å²) in [6, 6.07) is 2.06. The van der Waals surface area contributed by atoms with E-state index in [-0.39, 0.29) is 0 Å². The summed E-state index contributed by atoms with van der Waals surface area (Å²) < 4.78 is 11.1. The number of fused-ring (bicyclic) bond motifs is 1. The Kier molecular flexibility index (Phi) is 3.85. The molecule has 2 aliphatic heterocycles. The molecule has 4 heteroatoms. The van der Waals surface area contributed by atoms with Crippen LogP contribution in [0, 0.1) is 5.92 Å². The van der Waals surface area contributed by atoms with Gasteiger partial charge < -0.3 is 14.8 Å². The van der Waals surface area contributed by atoms with Crippen molar-refractivity contribution in [2.24, 2.45) is 5.92 Å². The van der Waals surface area contributed by atoms with Gasteiger partial charge in [-0.3, -0.25) is 0 Å². The van der Waals surface area contributed by atoms with E-state index in [2.05, 4.69) is 11.4 Å². The molecule has 0 radical (unpaired) electrons. The van der Waals surface area contributed by atoms with Crippen molar-refractivity contribution < 1.29 is 9.47 Å². The topological polar surface area (TPSA) is 30.5 Å². The first kappa shape index (κ1) is 13.1. The zero-order valence-electron chi connectivity index (χ0n) is 11.3. The number of benzene rings is 1. The number of nitrogens with one attached hydrogen (secondary N) is 1. The van der Waals surface area contributed by atoms with Gasteiger partial charge in [-0.1, -0.05) is 11.6 Å². The van der Waals surface area contributed by atoms with Crippen LogP contribution in [-0.4, -0.2) is 26.8 Å². The molecule has 1 aromatic rings. The van der Waals surface area contributed by atoms with Crippen LogP contribution in [0.15, 0.2) is 6.07 Å². The highest BCUT2D eigenvalue weighted by Gasteiger charge is 2.25. The molecule has 1 unspecified atom stereocenters. The Balaban J connectivity index is 1.88. The maximum atomic E-state index is 6.55. The van der Waals surface area contributed by atoms with Crippen molar-refractivity contribution in [3.05, 3.63) is 22.2 Å². The van der Waals surface area contributed by atoms with Crippen LogP contribution in [-0.2, 0) is 12.8 Å². The second-order valence-electron chi connectivity index (χ2n) is 5.37. The summed E-state index contributed by atoms with van der Waals surface area (Å²) in [6.45, 7) is 2.94. The van der Waals surface area contributed by atoms with E-state index in [1.54, 1.807) is 7.11 Å². The third kappa shape index (κ3) is 2.54. The Hall–Kier alpha value is -0.930.